The highest BCUT2D eigenvalue weighted by Gasteiger charge is 2.41. The first-order chi connectivity index (χ1) is 8.25. The third-order valence-electron chi connectivity index (χ3n) is 3.55. The van der Waals surface area contributed by atoms with Crippen molar-refractivity contribution in [3.63, 3.8) is 0 Å². The van der Waals surface area contributed by atoms with Crippen LogP contribution >= 0.6 is 44.0 Å². The fourth-order valence-corrected chi connectivity index (χ4v) is 16.6. The van der Waals surface area contributed by atoms with Crippen molar-refractivity contribution in [1.29, 1.82) is 0 Å². The number of fused-ring (bicyclic) bond motifs is 1. The van der Waals surface area contributed by atoms with Crippen molar-refractivity contribution < 1.29 is 4.57 Å². The molecule has 1 heterocycles. The predicted octanol–water partition coefficient (Wildman–Crippen LogP) is 5.26. The summed E-state index contributed by atoms with van der Waals surface area (Å²) in [6.45, 7) is 0. The Morgan fingerprint density at radius 2 is 1.94 bits per heavy atom. The molecular weight excluding hydrogens is 335 g/mol. The monoisotopic (exact) mass is 350 g/mol. The van der Waals surface area contributed by atoms with Crippen LogP contribution in [0.25, 0.3) is 0 Å². The molecule has 17 heavy (non-hydrogen) atoms. The molecule has 0 N–H and O–H groups in total. The Bertz CT molecular complexity index is 437. The molecule has 4 unspecified atom stereocenters. The quantitative estimate of drug-likeness (QED) is 0.549. The minimum absolute atomic E-state index is 0.383. The van der Waals surface area contributed by atoms with E-state index < -0.39 is 6.20 Å². The van der Waals surface area contributed by atoms with Crippen molar-refractivity contribution in [3.05, 3.63) is 28.7 Å². The molecule has 94 valence electrons. The molecule has 0 aromatic heterocycles. The van der Waals surface area contributed by atoms with Crippen LogP contribution in [0.2, 0.25) is 0 Å². The Hall–Kier alpha value is 0.630. The van der Waals surface area contributed by atoms with Gasteiger partial charge in [0, 0.05) is 15.0 Å². The smallest absolute Gasteiger partial charge is 0.165 e. The minimum Gasteiger partial charge on any atom is -0.305 e. The van der Waals surface area contributed by atoms with Gasteiger partial charge in [-0.15, -0.1) is 0 Å². The van der Waals surface area contributed by atoms with Gasteiger partial charge in [0.2, 0.25) is 0 Å². The molecule has 0 bridgehead atoms. The molecule has 1 aliphatic carbocycles. The molecule has 0 spiro atoms. The van der Waals surface area contributed by atoms with Gasteiger partial charge in [-0.1, -0.05) is 40.2 Å². The number of hydrogen-bond acceptors (Lipinski definition) is 2. The fraction of sp³-hybridized carbons (Fsp3) is 0.500. The van der Waals surface area contributed by atoms with E-state index in [1.807, 2.05) is 11.4 Å². The highest BCUT2D eigenvalue weighted by Crippen LogP contribution is 2.78. The fourth-order valence-electron chi connectivity index (χ4n) is 2.73. The first-order valence-corrected chi connectivity index (χ1v) is 12.1. The Morgan fingerprint density at radius 1 is 1.24 bits per heavy atom. The minimum atomic E-state index is -1.42. The lowest BCUT2D eigenvalue weighted by Crippen LogP contribution is -2.22. The van der Waals surface area contributed by atoms with E-state index in [0.717, 1.165) is 9.72 Å². The van der Waals surface area contributed by atoms with Crippen LogP contribution in [0.1, 0.15) is 25.7 Å². The van der Waals surface area contributed by atoms with E-state index in [4.69, 9.17) is 0 Å². The average Bonchev–Trinajstić information content (AvgIpc) is 2.66. The number of thiol groups is 1. The summed E-state index contributed by atoms with van der Waals surface area (Å²) in [5.74, 6) is 0. The van der Waals surface area contributed by atoms with Crippen molar-refractivity contribution >= 4 is 44.0 Å². The lowest BCUT2D eigenvalue weighted by atomic mass is 10.00. The topological polar surface area (TPSA) is 17.1 Å². The molecule has 0 radical (unpaired) electrons. The number of hydrogen-bond donors (Lipinski definition) is 1. The third kappa shape index (κ3) is 2.51. The SMILES string of the molecule is O=[PH]1SC2CCCCC2[SH]1c1ccc(Br)cc1. The summed E-state index contributed by atoms with van der Waals surface area (Å²) < 4.78 is 13.5. The summed E-state index contributed by atoms with van der Waals surface area (Å²) in [6, 6.07) is 8.53. The van der Waals surface area contributed by atoms with Gasteiger partial charge in [-0.2, -0.15) is 10.5 Å². The predicted molar refractivity (Wildman–Crippen MR) is 84.0 cm³/mol. The molecule has 1 aliphatic heterocycles. The van der Waals surface area contributed by atoms with Crippen LogP contribution in [-0.2, 0) is 4.57 Å². The maximum Gasteiger partial charge on any atom is 0.165 e. The zero-order chi connectivity index (χ0) is 11.8. The average molecular weight is 351 g/mol. The molecule has 1 aromatic rings. The van der Waals surface area contributed by atoms with Gasteiger partial charge in [0.15, 0.2) is 6.20 Å². The van der Waals surface area contributed by atoms with E-state index in [1.165, 1.54) is 30.6 Å². The van der Waals surface area contributed by atoms with Crippen LogP contribution in [0.15, 0.2) is 33.6 Å². The maximum absolute atomic E-state index is 12.4. The van der Waals surface area contributed by atoms with Crippen molar-refractivity contribution in [2.75, 3.05) is 0 Å². The normalized spacial score (nSPS) is 38.9. The largest absolute Gasteiger partial charge is 0.305 e. The Morgan fingerprint density at radius 3 is 2.71 bits per heavy atom. The Labute approximate surface area is 118 Å². The van der Waals surface area contributed by atoms with Gasteiger partial charge in [0.1, 0.15) is 0 Å². The van der Waals surface area contributed by atoms with Crippen LogP contribution < -0.4 is 0 Å². The zero-order valence-corrected chi connectivity index (χ0v) is 13.7. The van der Waals surface area contributed by atoms with Crippen molar-refractivity contribution in [1.82, 2.24) is 0 Å². The molecule has 1 saturated carbocycles. The maximum atomic E-state index is 12.4. The number of halogens is 1. The molecule has 3 rings (SSSR count). The van der Waals surface area contributed by atoms with E-state index in [-0.39, 0.29) is 10.5 Å². The van der Waals surface area contributed by atoms with E-state index in [1.54, 1.807) is 0 Å². The summed E-state index contributed by atoms with van der Waals surface area (Å²) in [6.07, 6.45) is 3.85. The number of rotatable bonds is 1. The van der Waals surface area contributed by atoms with E-state index in [2.05, 4.69) is 40.2 Å². The first kappa shape index (κ1) is 12.7. The Kier molecular flexibility index (Phi) is 3.96. The highest BCUT2D eigenvalue weighted by atomic mass is 79.9. The second kappa shape index (κ2) is 5.32. The lowest BCUT2D eigenvalue weighted by Gasteiger charge is -2.29. The van der Waals surface area contributed by atoms with Gasteiger partial charge in [-0.25, -0.2) is 0 Å². The highest BCUT2D eigenvalue weighted by molar-refractivity contribution is 9.10. The molecule has 1 nitrogen and oxygen atoms in total. The first-order valence-electron chi connectivity index (χ1n) is 6.01. The van der Waals surface area contributed by atoms with Crippen LogP contribution in [0.5, 0.6) is 0 Å². The van der Waals surface area contributed by atoms with Crippen molar-refractivity contribution in [2.45, 2.75) is 41.1 Å². The summed E-state index contributed by atoms with van der Waals surface area (Å²) >= 11 is 5.29. The molecule has 2 fully saturated rings. The molecule has 1 aromatic carbocycles. The molecule has 5 heteroatoms. The van der Waals surface area contributed by atoms with Crippen molar-refractivity contribution in [2.24, 2.45) is 0 Å². The second-order valence-electron chi connectivity index (χ2n) is 4.62. The van der Waals surface area contributed by atoms with Gasteiger partial charge >= 0.3 is 0 Å². The molecule has 1 saturated heterocycles. The zero-order valence-electron chi connectivity index (χ0n) is 9.43. The van der Waals surface area contributed by atoms with Gasteiger partial charge in [0.25, 0.3) is 0 Å². The van der Waals surface area contributed by atoms with E-state index in [9.17, 15) is 4.57 Å². The van der Waals surface area contributed by atoms with Crippen LogP contribution in [-0.4, -0.2) is 10.5 Å². The second-order valence-corrected chi connectivity index (χ2v) is 14.2. The van der Waals surface area contributed by atoms with Crippen LogP contribution in [0.3, 0.4) is 0 Å². The lowest BCUT2D eigenvalue weighted by molar-refractivity contribution is 0.529. The summed E-state index contributed by atoms with van der Waals surface area (Å²) in [5, 5.41) is 1.43. The van der Waals surface area contributed by atoms with Crippen LogP contribution in [0.4, 0.5) is 0 Å². The van der Waals surface area contributed by atoms with E-state index in [0.29, 0.717) is 5.25 Å². The van der Waals surface area contributed by atoms with Crippen molar-refractivity contribution in [3.8, 4) is 0 Å². The summed E-state index contributed by atoms with van der Waals surface area (Å²) in [5.41, 5.74) is 0. The van der Waals surface area contributed by atoms with Crippen LogP contribution in [0, 0.1) is 0 Å². The summed E-state index contributed by atoms with van der Waals surface area (Å²) in [4.78, 5) is 1.36. The Balaban J connectivity index is 1.90. The van der Waals surface area contributed by atoms with E-state index >= 15 is 0 Å². The van der Waals surface area contributed by atoms with Gasteiger partial charge in [-0.05, 0) is 42.0 Å². The van der Waals surface area contributed by atoms with Gasteiger partial charge < -0.3 is 4.57 Å². The number of benzene rings is 1. The third-order valence-corrected chi connectivity index (χ3v) is 15.1. The molecule has 4 atom stereocenters. The standard InChI is InChI=1S/C12H16BrOPS2/c13-9-5-7-10(8-6-9)17-12-4-2-1-3-11(12)16-15(17)14/h5-8,11-12,15,17H,1-4H2. The summed E-state index contributed by atoms with van der Waals surface area (Å²) in [7, 11) is -0.383. The van der Waals surface area contributed by atoms with Gasteiger partial charge in [-0.3, -0.25) is 0 Å². The molecule has 2 aliphatic rings. The van der Waals surface area contributed by atoms with Gasteiger partial charge in [0.05, 0.1) is 0 Å². The molecule has 0 amide bonds. The molecular formula is C12H16BrOPS2.